The number of nitrogens with one attached hydrogen (secondary N) is 2. The van der Waals surface area contributed by atoms with Crippen LogP contribution in [0.2, 0.25) is 10.0 Å². The smallest absolute Gasteiger partial charge is 0.324 e. The first-order chi connectivity index (χ1) is 16.5. The molecule has 8 nitrogen and oxygen atoms in total. The molecular formula is C24H30Cl2N4O4S. The average molecular weight is 542 g/mol. The predicted molar refractivity (Wildman–Crippen MR) is 141 cm³/mol. The van der Waals surface area contributed by atoms with E-state index < -0.39 is 6.03 Å². The highest BCUT2D eigenvalue weighted by Crippen LogP contribution is 2.37. The number of ether oxygens (including phenoxy) is 1. The van der Waals surface area contributed by atoms with Gasteiger partial charge in [-0.25, -0.2) is 4.79 Å². The Morgan fingerprint density at radius 1 is 1.14 bits per heavy atom. The van der Waals surface area contributed by atoms with Crippen molar-refractivity contribution in [3.05, 3.63) is 44.8 Å². The molecule has 0 bridgehead atoms. The van der Waals surface area contributed by atoms with E-state index in [0.29, 0.717) is 54.1 Å². The Balaban J connectivity index is 1.81. The van der Waals surface area contributed by atoms with Crippen molar-refractivity contribution in [2.45, 2.75) is 32.6 Å². The monoisotopic (exact) mass is 540 g/mol. The number of thiophene rings is 1. The number of hydrogen-bond acceptors (Lipinski definition) is 5. The molecule has 0 unspecified atom stereocenters. The van der Waals surface area contributed by atoms with Gasteiger partial charge in [0, 0.05) is 44.6 Å². The first-order valence-electron chi connectivity index (χ1n) is 11.2. The maximum atomic E-state index is 13.5. The van der Waals surface area contributed by atoms with Crippen molar-refractivity contribution >= 4 is 63.1 Å². The summed E-state index contributed by atoms with van der Waals surface area (Å²) in [4.78, 5) is 43.1. The van der Waals surface area contributed by atoms with E-state index >= 15 is 0 Å². The molecule has 0 spiro atoms. The van der Waals surface area contributed by atoms with Crippen LogP contribution < -0.4 is 10.6 Å². The van der Waals surface area contributed by atoms with Gasteiger partial charge in [0.1, 0.15) is 5.00 Å². The number of amides is 4. The third-order valence-corrected chi connectivity index (χ3v) is 7.86. The first kappa shape index (κ1) is 27.3. The van der Waals surface area contributed by atoms with Gasteiger partial charge in [0.05, 0.1) is 27.9 Å². The van der Waals surface area contributed by atoms with E-state index in [4.69, 9.17) is 27.9 Å². The fourth-order valence-corrected chi connectivity index (χ4v) is 5.00. The molecule has 1 aliphatic rings. The molecule has 1 saturated heterocycles. The van der Waals surface area contributed by atoms with Crippen LogP contribution in [0.4, 0.5) is 15.5 Å². The van der Waals surface area contributed by atoms with E-state index in [1.807, 2.05) is 26.8 Å². The predicted octanol–water partition coefficient (Wildman–Crippen LogP) is 5.32. The van der Waals surface area contributed by atoms with E-state index in [9.17, 15) is 14.4 Å². The van der Waals surface area contributed by atoms with Crippen LogP contribution in [0, 0.1) is 0 Å². The Bertz CT molecular complexity index is 1100. The van der Waals surface area contributed by atoms with E-state index in [2.05, 4.69) is 10.6 Å². The van der Waals surface area contributed by atoms with Crippen molar-refractivity contribution < 1.29 is 19.1 Å². The van der Waals surface area contributed by atoms with E-state index in [0.717, 1.165) is 4.88 Å². The minimum absolute atomic E-state index is 0.00539. The minimum atomic E-state index is -0.540. The van der Waals surface area contributed by atoms with E-state index in [1.54, 1.807) is 35.1 Å². The topological polar surface area (TPSA) is 91.0 Å². The Morgan fingerprint density at radius 2 is 1.89 bits per heavy atom. The second kappa shape index (κ2) is 11.6. The summed E-state index contributed by atoms with van der Waals surface area (Å²) in [6.07, 6.45) is 0.238. The zero-order chi connectivity index (χ0) is 25.8. The van der Waals surface area contributed by atoms with Crippen LogP contribution in [0.5, 0.6) is 0 Å². The maximum absolute atomic E-state index is 13.5. The lowest BCUT2D eigenvalue weighted by Gasteiger charge is -2.22. The van der Waals surface area contributed by atoms with Crippen LogP contribution in [0.15, 0.2) is 24.3 Å². The number of anilines is 2. The number of urea groups is 1. The summed E-state index contributed by atoms with van der Waals surface area (Å²) in [5, 5.41) is 6.48. The van der Waals surface area contributed by atoms with Crippen LogP contribution in [0.25, 0.3) is 0 Å². The summed E-state index contributed by atoms with van der Waals surface area (Å²) in [5.74, 6) is -0.233. The molecule has 2 N–H and O–H groups in total. The third kappa shape index (κ3) is 6.88. The van der Waals surface area contributed by atoms with Crippen LogP contribution in [-0.2, 0) is 14.9 Å². The molecule has 4 amide bonds. The van der Waals surface area contributed by atoms with Gasteiger partial charge in [-0.3, -0.25) is 14.9 Å². The summed E-state index contributed by atoms with van der Waals surface area (Å²) in [6, 6.07) is 6.23. The number of methoxy groups -OCH3 is 1. The number of carbonyl (C=O) groups excluding carboxylic acids is 3. The molecule has 1 fully saturated rings. The second-order valence-corrected chi connectivity index (χ2v) is 11.0. The molecule has 35 heavy (non-hydrogen) atoms. The Morgan fingerprint density at radius 3 is 2.57 bits per heavy atom. The molecule has 2 aromatic rings. The lowest BCUT2D eigenvalue weighted by molar-refractivity contribution is -0.130. The summed E-state index contributed by atoms with van der Waals surface area (Å²) in [7, 11) is 1.59. The highest BCUT2D eigenvalue weighted by atomic mass is 35.5. The Labute approximate surface area is 219 Å². The molecule has 190 valence electrons. The zero-order valence-electron chi connectivity index (χ0n) is 20.2. The molecule has 1 aliphatic heterocycles. The van der Waals surface area contributed by atoms with Gasteiger partial charge < -0.3 is 19.9 Å². The molecule has 11 heteroatoms. The molecule has 1 aromatic heterocycles. The van der Waals surface area contributed by atoms with Crippen molar-refractivity contribution in [3.8, 4) is 0 Å². The van der Waals surface area contributed by atoms with Crippen molar-refractivity contribution in [1.29, 1.82) is 0 Å². The van der Waals surface area contributed by atoms with Gasteiger partial charge in [-0.15, -0.1) is 11.3 Å². The van der Waals surface area contributed by atoms with Crippen LogP contribution in [0.3, 0.4) is 0 Å². The zero-order valence-corrected chi connectivity index (χ0v) is 22.6. The third-order valence-electron chi connectivity index (χ3n) is 5.57. The van der Waals surface area contributed by atoms with Gasteiger partial charge in [-0.2, -0.15) is 0 Å². The number of carbonyl (C=O) groups is 3. The summed E-state index contributed by atoms with van der Waals surface area (Å²) < 4.78 is 5.09. The molecular weight excluding hydrogens is 511 g/mol. The number of rotatable bonds is 6. The highest BCUT2D eigenvalue weighted by Gasteiger charge is 2.29. The van der Waals surface area contributed by atoms with Gasteiger partial charge in [-0.05, 0) is 23.6 Å². The van der Waals surface area contributed by atoms with Crippen LogP contribution in [-0.4, -0.2) is 67.5 Å². The minimum Gasteiger partial charge on any atom is -0.383 e. The van der Waals surface area contributed by atoms with E-state index in [1.165, 1.54) is 11.3 Å². The molecule has 1 aromatic carbocycles. The maximum Gasteiger partial charge on any atom is 0.324 e. The fraction of sp³-hybridized carbons (Fsp3) is 0.458. The first-order valence-corrected chi connectivity index (χ1v) is 12.8. The normalized spacial score (nSPS) is 14.6. The van der Waals surface area contributed by atoms with Gasteiger partial charge in [0.25, 0.3) is 5.91 Å². The van der Waals surface area contributed by atoms with Gasteiger partial charge in [0.2, 0.25) is 5.91 Å². The quantitative estimate of drug-likeness (QED) is 0.518. The average Bonchev–Trinajstić information content (AvgIpc) is 3.13. The molecule has 0 radical (unpaired) electrons. The van der Waals surface area contributed by atoms with E-state index in [-0.39, 0.29) is 28.7 Å². The standard InChI is InChI=1S/C24H30Cl2N4O4S/c1-24(2,3)18-14-15(22(32)30-9-8-19(31)29(10-11-30)12-13-34-4)21(35-18)28-23(33)27-17-7-5-6-16(25)20(17)26/h5-7,14H,8-13H2,1-4H3,(H2,27,28,33). The summed E-state index contributed by atoms with van der Waals surface area (Å²) in [6.45, 7) is 8.20. The molecule has 2 heterocycles. The number of nitrogens with zero attached hydrogens (tertiary/aromatic N) is 2. The Hall–Kier alpha value is -2.33. The van der Waals surface area contributed by atoms with Crippen molar-refractivity contribution in [2.75, 3.05) is 50.5 Å². The fourth-order valence-electron chi connectivity index (χ4n) is 3.55. The van der Waals surface area contributed by atoms with Crippen molar-refractivity contribution in [1.82, 2.24) is 9.80 Å². The SMILES string of the molecule is COCCN1CCN(C(=O)c2cc(C(C)(C)C)sc2NC(=O)Nc2cccc(Cl)c2Cl)CCC1=O. The Kier molecular flexibility index (Phi) is 9.04. The number of halogens is 2. The number of benzene rings is 1. The lowest BCUT2D eigenvalue weighted by Crippen LogP contribution is -2.37. The lowest BCUT2D eigenvalue weighted by atomic mass is 9.94. The molecule has 3 rings (SSSR count). The largest absolute Gasteiger partial charge is 0.383 e. The molecule has 0 aliphatic carbocycles. The summed E-state index contributed by atoms with van der Waals surface area (Å²) in [5.41, 5.74) is 0.530. The molecule has 0 saturated carbocycles. The molecule has 0 atom stereocenters. The van der Waals surface area contributed by atoms with Gasteiger partial charge in [-0.1, -0.05) is 50.0 Å². The number of hydrogen-bond donors (Lipinski definition) is 2. The second-order valence-electron chi connectivity index (χ2n) is 9.20. The van der Waals surface area contributed by atoms with Gasteiger partial charge >= 0.3 is 6.03 Å². The van der Waals surface area contributed by atoms with Crippen LogP contribution in [0.1, 0.15) is 42.4 Å². The summed E-state index contributed by atoms with van der Waals surface area (Å²) >= 11 is 13.6. The van der Waals surface area contributed by atoms with Crippen molar-refractivity contribution in [3.63, 3.8) is 0 Å². The highest BCUT2D eigenvalue weighted by molar-refractivity contribution is 7.16. The van der Waals surface area contributed by atoms with Gasteiger partial charge in [0.15, 0.2) is 0 Å². The van der Waals surface area contributed by atoms with Crippen LogP contribution >= 0.6 is 34.5 Å². The van der Waals surface area contributed by atoms with Crippen molar-refractivity contribution in [2.24, 2.45) is 0 Å².